The second-order valence-electron chi connectivity index (χ2n) is 6.56. The van der Waals surface area contributed by atoms with Crippen molar-refractivity contribution in [3.8, 4) is 0 Å². The van der Waals surface area contributed by atoms with Crippen molar-refractivity contribution >= 4 is 11.9 Å². The Bertz CT molecular complexity index is 712. The molecular weight excluding hydrogens is 318 g/mol. The lowest BCUT2D eigenvalue weighted by atomic mass is 9.82. The van der Waals surface area contributed by atoms with Crippen LogP contribution < -0.4 is 10.2 Å². The predicted molar refractivity (Wildman–Crippen MR) is 91.6 cm³/mol. The van der Waals surface area contributed by atoms with Gasteiger partial charge in [0, 0.05) is 37.6 Å². The minimum atomic E-state index is -0.142. The second-order valence-corrected chi connectivity index (χ2v) is 6.56. The van der Waals surface area contributed by atoms with Crippen molar-refractivity contribution in [3.05, 3.63) is 48.5 Å². The third kappa shape index (κ3) is 3.46. The van der Waals surface area contributed by atoms with Crippen LogP contribution >= 0.6 is 0 Å². The maximum atomic E-state index is 12.7. The first-order valence-electron chi connectivity index (χ1n) is 8.58. The fourth-order valence-electron chi connectivity index (χ4n) is 3.70. The van der Waals surface area contributed by atoms with Gasteiger partial charge in [0.25, 0.3) is 0 Å². The summed E-state index contributed by atoms with van der Waals surface area (Å²) in [4.78, 5) is 27.7. The molecule has 0 bridgehead atoms. The average molecular weight is 339 g/mol. The zero-order chi connectivity index (χ0) is 17.1. The molecule has 2 aromatic heterocycles. The molecule has 3 atom stereocenters. The minimum absolute atomic E-state index is 0.0381. The largest absolute Gasteiger partial charge is 0.380 e. The van der Waals surface area contributed by atoms with Gasteiger partial charge < -0.3 is 15.0 Å². The summed E-state index contributed by atoms with van der Waals surface area (Å²) in [5.41, 5.74) is 0.856. The zero-order valence-corrected chi connectivity index (χ0v) is 13.9. The second kappa shape index (κ2) is 7.14. The van der Waals surface area contributed by atoms with Crippen LogP contribution in [-0.2, 0) is 16.1 Å². The Morgan fingerprint density at radius 1 is 1.12 bits per heavy atom. The Morgan fingerprint density at radius 2 is 1.96 bits per heavy atom. The van der Waals surface area contributed by atoms with Gasteiger partial charge in [-0.15, -0.1) is 0 Å². The number of aromatic nitrogens is 3. The summed E-state index contributed by atoms with van der Waals surface area (Å²) in [5, 5.41) is 3.00. The first kappa shape index (κ1) is 16.0. The first-order chi connectivity index (χ1) is 12.3. The van der Waals surface area contributed by atoms with Crippen molar-refractivity contribution in [2.24, 2.45) is 17.8 Å². The molecule has 7 nitrogen and oxygen atoms in total. The molecule has 2 aliphatic heterocycles. The smallest absolute Gasteiger partial charge is 0.226 e. The molecule has 4 rings (SSSR count). The minimum Gasteiger partial charge on any atom is -0.380 e. The summed E-state index contributed by atoms with van der Waals surface area (Å²) in [7, 11) is 0. The number of hydrogen-bond donors (Lipinski definition) is 1. The lowest BCUT2D eigenvalue weighted by Crippen LogP contribution is -2.44. The molecule has 0 saturated carbocycles. The summed E-state index contributed by atoms with van der Waals surface area (Å²) >= 11 is 0. The molecule has 25 heavy (non-hydrogen) atoms. The molecule has 0 aromatic carbocycles. The number of carbonyl (C=O) groups is 1. The monoisotopic (exact) mass is 339 g/mol. The maximum absolute atomic E-state index is 12.7. The van der Waals surface area contributed by atoms with Gasteiger partial charge in [0.15, 0.2) is 0 Å². The summed E-state index contributed by atoms with van der Waals surface area (Å²) in [6.45, 7) is 3.23. The van der Waals surface area contributed by atoms with Gasteiger partial charge in [-0.25, -0.2) is 9.97 Å². The van der Waals surface area contributed by atoms with E-state index in [0.29, 0.717) is 25.7 Å². The number of nitrogens with zero attached hydrogens (tertiary/aromatic N) is 4. The van der Waals surface area contributed by atoms with Gasteiger partial charge >= 0.3 is 0 Å². The van der Waals surface area contributed by atoms with Gasteiger partial charge in [0.1, 0.15) is 0 Å². The van der Waals surface area contributed by atoms with E-state index in [9.17, 15) is 4.79 Å². The number of amides is 1. The summed E-state index contributed by atoms with van der Waals surface area (Å²) in [6, 6.07) is 7.50. The van der Waals surface area contributed by atoms with Gasteiger partial charge in [-0.05, 0) is 24.1 Å². The Hall–Kier alpha value is -2.54. The fourth-order valence-corrected chi connectivity index (χ4v) is 3.70. The summed E-state index contributed by atoms with van der Waals surface area (Å²) in [6.07, 6.45) is 5.23. The van der Waals surface area contributed by atoms with Gasteiger partial charge in [-0.1, -0.05) is 6.07 Å². The van der Waals surface area contributed by atoms with Gasteiger partial charge in [-0.2, -0.15) is 0 Å². The standard InChI is InChI=1S/C18H21N5O2/c24-17(22-8-14-4-1-2-5-19-14)16-12-25-11-13-9-23(10-15(13)16)18-20-6-3-7-21-18/h1-7,13,15-16H,8-12H2,(H,22,24)/t13-,15-,16-/m1/s1. The van der Waals surface area contributed by atoms with E-state index < -0.39 is 0 Å². The van der Waals surface area contributed by atoms with E-state index in [2.05, 4.69) is 25.2 Å². The molecule has 0 spiro atoms. The van der Waals surface area contributed by atoms with Crippen LogP contribution in [0.5, 0.6) is 0 Å². The van der Waals surface area contributed by atoms with Crippen LogP contribution in [-0.4, -0.2) is 47.2 Å². The lowest BCUT2D eigenvalue weighted by Gasteiger charge is -2.31. The highest BCUT2D eigenvalue weighted by molar-refractivity contribution is 5.79. The molecule has 2 aliphatic rings. The average Bonchev–Trinajstić information content (AvgIpc) is 3.12. The first-order valence-corrected chi connectivity index (χ1v) is 8.58. The molecule has 4 heterocycles. The summed E-state index contributed by atoms with van der Waals surface area (Å²) in [5.74, 6) is 1.22. The van der Waals surface area contributed by atoms with Crippen molar-refractivity contribution in [1.82, 2.24) is 20.3 Å². The molecule has 0 radical (unpaired) electrons. The van der Waals surface area contributed by atoms with Gasteiger partial charge in [-0.3, -0.25) is 9.78 Å². The Labute approximate surface area is 146 Å². The summed E-state index contributed by atoms with van der Waals surface area (Å²) < 4.78 is 5.71. The Morgan fingerprint density at radius 3 is 2.76 bits per heavy atom. The van der Waals surface area contributed by atoms with Crippen molar-refractivity contribution in [2.75, 3.05) is 31.2 Å². The van der Waals surface area contributed by atoms with Crippen LogP contribution in [0.25, 0.3) is 0 Å². The Kier molecular flexibility index (Phi) is 4.56. The molecule has 0 aliphatic carbocycles. The van der Waals surface area contributed by atoms with E-state index in [-0.39, 0.29) is 17.7 Å². The third-order valence-corrected chi connectivity index (χ3v) is 4.98. The number of fused-ring (bicyclic) bond motifs is 1. The molecular formula is C18H21N5O2. The number of hydrogen-bond acceptors (Lipinski definition) is 6. The molecule has 0 unspecified atom stereocenters. The van der Waals surface area contributed by atoms with Crippen molar-refractivity contribution < 1.29 is 9.53 Å². The van der Waals surface area contributed by atoms with Crippen molar-refractivity contribution in [2.45, 2.75) is 6.54 Å². The lowest BCUT2D eigenvalue weighted by molar-refractivity contribution is -0.133. The highest BCUT2D eigenvalue weighted by Crippen LogP contribution is 2.35. The number of pyridine rings is 1. The molecule has 2 aromatic rings. The molecule has 2 fully saturated rings. The number of anilines is 1. The van der Waals surface area contributed by atoms with Crippen molar-refractivity contribution in [3.63, 3.8) is 0 Å². The fraction of sp³-hybridized carbons (Fsp3) is 0.444. The third-order valence-electron chi connectivity index (χ3n) is 4.98. The van der Waals surface area contributed by atoms with E-state index >= 15 is 0 Å². The van der Waals surface area contributed by atoms with Crippen LogP contribution in [0.2, 0.25) is 0 Å². The highest BCUT2D eigenvalue weighted by Gasteiger charge is 2.44. The van der Waals surface area contributed by atoms with Gasteiger partial charge in [0.05, 0.1) is 31.4 Å². The predicted octanol–water partition coefficient (Wildman–Crippen LogP) is 0.887. The van der Waals surface area contributed by atoms with Crippen molar-refractivity contribution in [1.29, 1.82) is 0 Å². The van der Waals surface area contributed by atoms with Crippen LogP contribution in [0.3, 0.4) is 0 Å². The van der Waals surface area contributed by atoms with E-state index in [1.54, 1.807) is 18.6 Å². The zero-order valence-electron chi connectivity index (χ0n) is 13.9. The molecule has 1 N–H and O–H groups in total. The number of rotatable bonds is 4. The Balaban J connectivity index is 1.41. The van der Waals surface area contributed by atoms with Crippen LogP contribution in [0.4, 0.5) is 5.95 Å². The van der Waals surface area contributed by atoms with Crippen LogP contribution in [0, 0.1) is 17.8 Å². The highest BCUT2D eigenvalue weighted by atomic mass is 16.5. The molecule has 2 saturated heterocycles. The van der Waals surface area contributed by atoms with E-state index in [0.717, 1.165) is 24.7 Å². The van der Waals surface area contributed by atoms with E-state index in [1.807, 2.05) is 24.3 Å². The quantitative estimate of drug-likeness (QED) is 0.891. The molecule has 7 heteroatoms. The molecule has 130 valence electrons. The number of carbonyl (C=O) groups excluding carboxylic acids is 1. The number of nitrogens with one attached hydrogen (secondary N) is 1. The van der Waals surface area contributed by atoms with Crippen LogP contribution in [0.1, 0.15) is 5.69 Å². The topological polar surface area (TPSA) is 80.2 Å². The van der Waals surface area contributed by atoms with E-state index in [4.69, 9.17) is 4.74 Å². The van der Waals surface area contributed by atoms with Crippen LogP contribution in [0.15, 0.2) is 42.9 Å². The normalized spacial score (nSPS) is 25.4. The SMILES string of the molecule is O=C(NCc1ccccn1)[C@@H]1COC[C@H]2CN(c3ncccn3)C[C@H]21. The number of ether oxygens (including phenoxy) is 1. The van der Waals surface area contributed by atoms with E-state index in [1.165, 1.54) is 0 Å². The van der Waals surface area contributed by atoms with Gasteiger partial charge in [0.2, 0.25) is 11.9 Å². The molecule has 1 amide bonds. The maximum Gasteiger partial charge on any atom is 0.226 e.